The summed E-state index contributed by atoms with van der Waals surface area (Å²) in [6.45, 7) is 3.36. The minimum atomic E-state index is -0.867. The number of carbonyl (C=O) groups excluding carboxylic acids is 2. The minimum Gasteiger partial charge on any atom is -0.450 e. The molecule has 6 nitrogen and oxygen atoms in total. The summed E-state index contributed by atoms with van der Waals surface area (Å²) in [5.41, 5.74) is 2.52. The van der Waals surface area contributed by atoms with Crippen LogP contribution >= 0.6 is 0 Å². The van der Waals surface area contributed by atoms with Crippen molar-refractivity contribution in [2.45, 2.75) is 20.3 Å². The molecule has 0 radical (unpaired) electrons. The third kappa shape index (κ3) is 4.23. The maximum atomic E-state index is 12.2. The van der Waals surface area contributed by atoms with Crippen molar-refractivity contribution in [3.63, 3.8) is 0 Å². The number of ether oxygens (including phenoxy) is 1. The molecule has 0 saturated carbocycles. The van der Waals surface area contributed by atoms with E-state index in [4.69, 9.17) is 9.15 Å². The number of para-hydroxylation sites is 1. The van der Waals surface area contributed by atoms with Crippen LogP contribution in [0.1, 0.15) is 28.6 Å². The highest BCUT2D eigenvalue weighted by molar-refractivity contribution is 5.95. The lowest BCUT2D eigenvalue weighted by Crippen LogP contribution is -2.22. The third-order valence-corrected chi connectivity index (χ3v) is 4.09. The first-order chi connectivity index (χ1) is 13.0. The predicted octanol–water partition coefficient (Wildman–Crippen LogP) is 3.46. The molecule has 3 rings (SSSR count). The molecule has 138 valence electrons. The molecule has 3 aromatic rings. The number of fused-ring (bicyclic) bond motifs is 1. The van der Waals surface area contributed by atoms with Gasteiger partial charge in [0.25, 0.3) is 5.91 Å². The van der Waals surface area contributed by atoms with Gasteiger partial charge in [-0.1, -0.05) is 36.8 Å². The van der Waals surface area contributed by atoms with Gasteiger partial charge in [-0.15, -0.1) is 0 Å². The highest BCUT2D eigenvalue weighted by atomic mass is 16.5. The minimum absolute atomic E-state index is 0.238. The van der Waals surface area contributed by atoms with E-state index < -0.39 is 18.5 Å². The summed E-state index contributed by atoms with van der Waals surface area (Å²) in [5, 5.41) is 3.10. The van der Waals surface area contributed by atoms with Gasteiger partial charge in [-0.2, -0.15) is 0 Å². The maximum absolute atomic E-state index is 12.2. The number of esters is 1. The van der Waals surface area contributed by atoms with Gasteiger partial charge in [-0.25, -0.2) is 4.79 Å². The van der Waals surface area contributed by atoms with Gasteiger partial charge >= 0.3 is 5.97 Å². The van der Waals surface area contributed by atoms with Crippen LogP contribution in [-0.2, 0) is 16.0 Å². The van der Waals surface area contributed by atoms with Crippen molar-refractivity contribution in [3.05, 3.63) is 75.6 Å². The van der Waals surface area contributed by atoms with Gasteiger partial charge in [0.15, 0.2) is 12.0 Å². The number of hydrogen-bond donors (Lipinski definition) is 1. The van der Waals surface area contributed by atoms with Crippen molar-refractivity contribution in [1.82, 2.24) is 0 Å². The van der Waals surface area contributed by atoms with Crippen LogP contribution in [0.4, 0.5) is 5.69 Å². The average molecular weight is 365 g/mol. The van der Waals surface area contributed by atoms with Gasteiger partial charge in [0.05, 0.1) is 5.39 Å². The van der Waals surface area contributed by atoms with E-state index in [9.17, 15) is 14.4 Å². The van der Waals surface area contributed by atoms with Crippen LogP contribution < -0.4 is 10.7 Å². The number of aryl methyl sites for hydroxylation is 2. The zero-order valence-electron chi connectivity index (χ0n) is 15.1. The smallest absolute Gasteiger partial charge is 0.374 e. The Kier molecular flexibility index (Phi) is 5.35. The molecule has 0 spiro atoms. The molecular formula is C21H19NO5. The number of rotatable bonds is 5. The molecule has 0 aliphatic carbocycles. The molecule has 0 bridgehead atoms. The summed E-state index contributed by atoms with van der Waals surface area (Å²) in [5.74, 6) is -1.57. The van der Waals surface area contributed by atoms with E-state index in [1.165, 1.54) is 0 Å². The fraction of sp³-hybridized carbons (Fsp3) is 0.190. The van der Waals surface area contributed by atoms with Crippen molar-refractivity contribution < 1.29 is 18.7 Å². The zero-order valence-corrected chi connectivity index (χ0v) is 15.1. The van der Waals surface area contributed by atoms with Crippen molar-refractivity contribution in [1.29, 1.82) is 0 Å². The van der Waals surface area contributed by atoms with E-state index in [0.717, 1.165) is 23.6 Å². The molecule has 1 heterocycles. The normalized spacial score (nSPS) is 10.6. The molecule has 0 fully saturated rings. The van der Waals surface area contributed by atoms with E-state index in [0.29, 0.717) is 16.7 Å². The quantitative estimate of drug-likeness (QED) is 0.700. The molecule has 0 aliphatic heterocycles. The zero-order chi connectivity index (χ0) is 19.4. The highest BCUT2D eigenvalue weighted by Crippen LogP contribution is 2.16. The number of nitrogens with one attached hydrogen (secondary N) is 1. The van der Waals surface area contributed by atoms with Crippen LogP contribution in [-0.4, -0.2) is 18.5 Å². The number of hydrogen-bond acceptors (Lipinski definition) is 5. The fourth-order valence-electron chi connectivity index (χ4n) is 2.71. The van der Waals surface area contributed by atoms with Gasteiger partial charge < -0.3 is 14.5 Å². The Morgan fingerprint density at radius 2 is 1.89 bits per heavy atom. The Morgan fingerprint density at radius 3 is 2.67 bits per heavy atom. The first-order valence-electron chi connectivity index (χ1n) is 8.57. The topological polar surface area (TPSA) is 85.6 Å². The Hall–Kier alpha value is -3.41. The largest absolute Gasteiger partial charge is 0.450 e. The molecule has 2 aromatic carbocycles. The van der Waals surface area contributed by atoms with E-state index in [1.807, 2.05) is 32.0 Å². The Labute approximate surface area is 155 Å². The Bertz CT molecular complexity index is 1070. The monoisotopic (exact) mass is 365 g/mol. The van der Waals surface area contributed by atoms with Crippen LogP contribution in [0.25, 0.3) is 11.0 Å². The summed E-state index contributed by atoms with van der Waals surface area (Å²) < 4.78 is 10.4. The second-order valence-corrected chi connectivity index (χ2v) is 6.11. The van der Waals surface area contributed by atoms with Crippen LogP contribution in [0.2, 0.25) is 0 Å². The van der Waals surface area contributed by atoms with Crippen molar-refractivity contribution in [2.75, 3.05) is 11.9 Å². The van der Waals surface area contributed by atoms with Gasteiger partial charge in [-0.05, 0) is 37.1 Å². The molecule has 1 amide bonds. The van der Waals surface area contributed by atoms with Gasteiger partial charge in [0.1, 0.15) is 5.58 Å². The molecule has 0 unspecified atom stereocenters. The first-order valence-corrected chi connectivity index (χ1v) is 8.57. The van der Waals surface area contributed by atoms with Crippen molar-refractivity contribution in [2.24, 2.45) is 0 Å². The lowest BCUT2D eigenvalue weighted by molar-refractivity contribution is -0.119. The summed E-state index contributed by atoms with van der Waals surface area (Å²) in [6, 6.07) is 13.6. The molecule has 0 aliphatic rings. The first kappa shape index (κ1) is 18.4. The van der Waals surface area contributed by atoms with Crippen LogP contribution in [0.3, 0.4) is 0 Å². The van der Waals surface area contributed by atoms with Crippen LogP contribution in [0.15, 0.2) is 57.7 Å². The average Bonchev–Trinajstić information content (AvgIpc) is 2.67. The molecule has 0 atom stereocenters. The SMILES string of the molecule is CCc1ccccc1NC(=O)COC(=O)c1cc(=O)c2cc(C)ccc2o1. The second kappa shape index (κ2) is 7.86. The molecule has 0 saturated heterocycles. The summed E-state index contributed by atoms with van der Waals surface area (Å²) in [7, 11) is 0. The lowest BCUT2D eigenvalue weighted by Gasteiger charge is -2.10. The fourth-order valence-corrected chi connectivity index (χ4v) is 2.71. The van der Waals surface area contributed by atoms with E-state index >= 15 is 0 Å². The molecular weight excluding hydrogens is 346 g/mol. The molecule has 1 aromatic heterocycles. The van der Waals surface area contributed by atoms with Gasteiger partial charge in [0.2, 0.25) is 5.76 Å². The van der Waals surface area contributed by atoms with E-state index in [2.05, 4.69) is 5.32 Å². The van der Waals surface area contributed by atoms with Crippen molar-refractivity contribution in [3.8, 4) is 0 Å². The maximum Gasteiger partial charge on any atom is 0.374 e. The highest BCUT2D eigenvalue weighted by Gasteiger charge is 2.16. The molecule has 1 N–H and O–H groups in total. The number of amides is 1. The standard InChI is InChI=1S/C21H19NO5/c1-3-14-6-4-5-7-16(14)22-20(24)12-26-21(25)19-11-17(23)15-10-13(2)8-9-18(15)27-19/h4-11H,3,12H2,1-2H3,(H,22,24). The van der Waals surface area contributed by atoms with Crippen LogP contribution in [0, 0.1) is 6.92 Å². The third-order valence-electron chi connectivity index (χ3n) is 4.09. The van der Waals surface area contributed by atoms with Crippen molar-refractivity contribution >= 4 is 28.5 Å². The second-order valence-electron chi connectivity index (χ2n) is 6.11. The molecule has 6 heteroatoms. The van der Waals surface area contributed by atoms with E-state index in [-0.39, 0.29) is 11.2 Å². The van der Waals surface area contributed by atoms with Crippen LogP contribution in [0.5, 0.6) is 0 Å². The Morgan fingerprint density at radius 1 is 1.11 bits per heavy atom. The number of carbonyl (C=O) groups is 2. The summed E-state index contributed by atoms with van der Waals surface area (Å²) in [4.78, 5) is 36.4. The van der Waals surface area contributed by atoms with E-state index in [1.54, 1.807) is 24.3 Å². The molecule has 27 heavy (non-hydrogen) atoms. The van der Waals surface area contributed by atoms with Gasteiger partial charge in [-0.3, -0.25) is 9.59 Å². The lowest BCUT2D eigenvalue weighted by atomic mass is 10.1. The summed E-state index contributed by atoms with van der Waals surface area (Å²) in [6.07, 6.45) is 0.762. The Balaban J connectivity index is 1.69. The number of benzene rings is 2. The number of anilines is 1. The predicted molar refractivity (Wildman–Crippen MR) is 102 cm³/mol. The van der Waals surface area contributed by atoms with Gasteiger partial charge in [0, 0.05) is 11.8 Å². The summed E-state index contributed by atoms with van der Waals surface area (Å²) >= 11 is 0.